The Morgan fingerprint density at radius 2 is 1.66 bits per heavy atom. The number of benzene rings is 2. The third kappa shape index (κ3) is 3.96. The molecule has 0 bridgehead atoms. The molecule has 2 fully saturated rings. The monoisotopic (exact) mass is 412 g/mol. The number of rotatable bonds is 4. The molecule has 2 heterocycles. The molecule has 6 heteroatoms. The van der Waals surface area contributed by atoms with Crippen molar-refractivity contribution in [3.63, 3.8) is 0 Å². The number of aryl methyl sites for hydroxylation is 1. The molecule has 154 valence electrons. The van der Waals surface area contributed by atoms with Crippen molar-refractivity contribution in [3.8, 4) is 0 Å². The number of sulfone groups is 1. The van der Waals surface area contributed by atoms with Crippen molar-refractivity contribution in [2.45, 2.75) is 45.3 Å². The average molecular weight is 413 g/mol. The maximum Gasteiger partial charge on any atom is 0.241 e. The van der Waals surface area contributed by atoms with Crippen molar-refractivity contribution in [3.05, 3.63) is 65.2 Å². The number of hydrogen-bond acceptors (Lipinski definition) is 4. The number of piperazine rings is 1. The number of amides is 1. The van der Waals surface area contributed by atoms with Gasteiger partial charge < -0.3 is 4.90 Å². The first-order valence-corrected chi connectivity index (χ1v) is 12.0. The van der Waals surface area contributed by atoms with E-state index >= 15 is 0 Å². The van der Waals surface area contributed by atoms with Gasteiger partial charge in [0.25, 0.3) is 0 Å². The number of nitrogens with zero attached hydrogens (tertiary/aromatic N) is 2. The number of carbonyl (C=O) groups excluding carboxylic acids is 1. The van der Waals surface area contributed by atoms with Gasteiger partial charge >= 0.3 is 0 Å². The van der Waals surface area contributed by atoms with Gasteiger partial charge in [0.15, 0.2) is 9.84 Å². The van der Waals surface area contributed by atoms with Crippen LogP contribution < -0.4 is 4.90 Å². The Hall–Kier alpha value is -2.18. The fourth-order valence-corrected chi connectivity index (χ4v) is 6.47. The van der Waals surface area contributed by atoms with E-state index in [1.165, 1.54) is 5.56 Å². The summed E-state index contributed by atoms with van der Waals surface area (Å²) in [5, 5.41) is 0. The molecule has 2 unspecified atom stereocenters. The molecule has 0 aromatic heterocycles. The molecule has 2 atom stereocenters. The third-order valence-corrected chi connectivity index (χ3v) is 7.87. The Labute approximate surface area is 173 Å². The first-order chi connectivity index (χ1) is 13.7. The van der Waals surface area contributed by atoms with Crippen LogP contribution in [0.5, 0.6) is 0 Å². The maximum atomic E-state index is 13.1. The summed E-state index contributed by atoms with van der Waals surface area (Å²) in [7, 11) is -3.19. The van der Waals surface area contributed by atoms with Gasteiger partial charge in [-0.2, -0.15) is 0 Å². The predicted molar refractivity (Wildman–Crippen MR) is 116 cm³/mol. The molecule has 2 saturated heterocycles. The number of fused-ring (bicyclic) bond motifs is 1. The Morgan fingerprint density at radius 1 is 1.00 bits per heavy atom. The van der Waals surface area contributed by atoms with Gasteiger partial charge in [0.1, 0.15) is 0 Å². The molecular formula is C23H28N2O3S. The van der Waals surface area contributed by atoms with Gasteiger partial charge in [-0.25, -0.2) is 8.42 Å². The first kappa shape index (κ1) is 20.1. The van der Waals surface area contributed by atoms with E-state index in [2.05, 4.69) is 24.8 Å². The van der Waals surface area contributed by atoms with Gasteiger partial charge in [-0.05, 0) is 41.7 Å². The van der Waals surface area contributed by atoms with Crippen LogP contribution in [0.1, 0.15) is 36.5 Å². The zero-order chi connectivity index (χ0) is 20.8. The lowest BCUT2D eigenvalue weighted by Gasteiger charge is -2.43. The van der Waals surface area contributed by atoms with Crippen LogP contribution in [0, 0.1) is 6.92 Å². The third-order valence-electron chi connectivity index (χ3n) is 6.17. The number of anilines is 1. The van der Waals surface area contributed by atoms with Gasteiger partial charge in [0, 0.05) is 18.3 Å². The molecule has 2 aromatic carbocycles. The van der Waals surface area contributed by atoms with Gasteiger partial charge in [-0.1, -0.05) is 50.2 Å². The largest absolute Gasteiger partial charge is 0.306 e. The lowest BCUT2D eigenvalue weighted by atomic mass is 9.99. The van der Waals surface area contributed by atoms with E-state index in [0.29, 0.717) is 12.5 Å². The molecule has 0 saturated carbocycles. The summed E-state index contributed by atoms with van der Waals surface area (Å²) in [5.41, 5.74) is 4.29. The highest BCUT2D eigenvalue weighted by Gasteiger charge is 2.49. The van der Waals surface area contributed by atoms with E-state index in [1.807, 2.05) is 49.4 Å². The van der Waals surface area contributed by atoms with Crippen LogP contribution in [0.2, 0.25) is 0 Å². The van der Waals surface area contributed by atoms with Gasteiger partial charge in [-0.3, -0.25) is 9.69 Å². The van der Waals surface area contributed by atoms with Crippen LogP contribution in [0.4, 0.5) is 5.69 Å². The molecule has 29 heavy (non-hydrogen) atoms. The quantitative estimate of drug-likeness (QED) is 0.774. The predicted octanol–water partition coefficient (Wildman–Crippen LogP) is 3.13. The first-order valence-electron chi connectivity index (χ1n) is 10.2. The SMILES string of the molecule is Cc1ccccc1CN1CC(=O)N(c2ccc(C(C)C)cc2)C2CS(=O)(=O)CC21. The van der Waals surface area contributed by atoms with Crippen LogP contribution in [-0.4, -0.2) is 49.4 Å². The van der Waals surface area contributed by atoms with Crippen molar-refractivity contribution >= 4 is 21.4 Å². The zero-order valence-electron chi connectivity index (χ0n) is 17.2. The van der Waals surface area contributed by atoms with Crippen LogP contribution in [0.3, 0.4) is 0 Å². The highest BCUT2D eigenvalue weighted by atomic mass is 32.2. The van der Waals surface area contributed by atoms with E-state index in [1.54, 1.807) is 4.90 Å². The molecule has 2 aliphatic rings. The van der Waals surface area contributed by atoms with Crippen LogP contribution >= 0.6 is 0 Å². The molecular weight excluding hydrogens is 384 g/mol. The zero-order valence-corrected chi connectivity index (χ0v) is 18.0. The number of carbonyl (C=O) groups is 1. The lowest BCUT2D eigenvalue weighted by molar-refractivity contribution is -0.123. The van der Waals surface area contributed by atoms with Crippen molar-refractivity contribution in [2.24, 2.45) is 0 Å². The summed E-state index contributed by atoms with van der Waals surface area (Å²) < 4.78 is 25.0. The fraction of sp³-hybridized carbons (Fsp3) is 0.435. The van der Waals surface area contributed by atoms with E-state index in [0.717, 1.165) is 16.8 Å². The molecule has 0 N–H and O–H groups in total. The second kappa shape index (κ2) is 7.58. The van der Waals surface area contributed by atoms with Crippen molar-refractivity contribution in [1.29, 1.82) is 0 Å². The van der Waals surface area contributed by atoms with Crippen LogP contribution in [0.15, 0.2) is 48.5 Å². The van der Waals surface area contributed by atoms with Gasteiger partial charge in [0.05, 0.1) is 24.1 Å². The highest BCUT2D eigenvalue weighted by Crippen LogP contribution is 2.33. The van der Waals surface area contributed by atoms with Crippen molar-refractivity contribution in [2.75, 3.05) is 23.0 Å². The number of hydrogen-bond donors (Lipinski definition) is 0. The van der Waals surface area contributed by atoms with E-state index in [9.17, 15) is 13.2 Å². The maximum absolute atomic E-state index is 13.1. The minimum atomic E-state index is -3.19. The molecule has 0 radical (unpaired) electrons. The average Bonchev–Trinajstić information content (AvgIpc) is 2.99. The fourth-order valence-electron chi connectivity index (χ4n) is 4.49. The molecule has 4 rings (SSSR count). The normalized spacial score (nSPS) is 24.1. The molecule has 1 amide bonds. The summed E-state index contributed by atoms with van der Waals surface area (Å²) in [6, 6.07) is 15.5. The van der Waals surface area contributed by atoms with E-state index in [4.69, 9.17) is 0 Å². The van der Waals surface area contributed by atoms with Crippen LogP contribution in [0.25, 0.3) is 0 Å². The molecule has 2 aliphatic heterocycles. The summed E-state index contributed by atoms with van der Waals surface area (Å²) in [6.45, 7) is 7.13. The molecule has 2 aromatic rings. The second-order valence-electron chi connectivity index (χ2n) is 8.55. The standard InChI is InChI=1S/C23H28N2O3S/c1-16(2)18-8-10-20(11-9-18)25-22-15-29(27,28)14-21(22)24(13-23(25)26)12-19-7-5-4-6-17(19)3/h4-11,16,21-22H,12-15H2,1-3H3. The Morgan fingerprint density at radius 3 is 2.31 bits per heavy atom. The summed E-state index contributed by atoms with van der Waals surface area (Å²) in [5.74, 6) is 0.511. The Balaban J connectivity index is 1.65. The Kier molecular flexibility index (Phi) is 5.25. The Bertz CT molecular complexity index is 1010. The summed E-state index contributed by atoms with van der Waals surface area (Å²) in [6.07, 6.45) is 0. The van der Waals surface area contributed by atoms with Gasteiger partial charge in [-0.15, -0.1) is 0 Å². The molecule has 5 nitrogen and oxygen atoms in total. The summed E-state index contributed by atoms with van der Waals surface area (Å²) >= 11 is 0. The van der Waals surface area contributed by atoms with Crippen molar-refractivity contribution < 1.29 is 13.2 Å². The van der Waals surface area contributed by atoms with E-state index in [-0.39, 0.29) is 36.0 Å². The second-order valence-corrected chi connectivity index (χ2v) is 10.7. The minimum absolute atomic E-state index is 0.0274. The van der Waals surface area contributed by atoms with Gasteiger partial charge in [0.2, 0.25) is 5.91 Å². The van der Waals surface area contributed by atoms with Crippen molar-refractivity contribution in [1.82, 2.24) is 4.90 Å². The smallest absolute Gasteiger partial charge is 0.241 e. The minimum Gasteiger partial charge on any atom is -0.306 e. The summed E-state index contributed by atoms with van der Waals surface area (Å²) in [4.78, 5) is 16.9. The highest BCUT2D eigenvalue weighted by molar-refractivity contribution is 7.91. The molecule has 0 aliphatic carbocycles. The van der Waals surface area contributed by atoms with E-state index < -0.39 is 9.84 Å². The lowest BCUT2D eigenvalue weighted by Crippen LogP contribution is -2.61. The topological polar surface area (TPSA) is 57.7 Å². The van der Waals surface area contributed by atoms with Crippen LogP contribution in [-0.2, 0) is 21.2 Å². The molecule has 0 spiro atoms.